The topological polar surface area (TPSA) is 74.7 Å². The summed E-state index contributed by atoms with van der Waals surface area (Å²) in [5.41, 5.74) is 2.85. The Balaban J connectivity index is 1.85. The molecule has 0 saturated carbocycles. The maximum Gasteiger partial charge on any atom is 0.335 e. The molecule has 1 amide bonds. The highest BCUT2D eigenvalue weighted by Crippen LogP contribution is 2.11. The fraction of sp³-hybridized carbons (Fsp3) is 0.286. The Morgan fingerprint density at radius 1 is 0.846 bits per heavy atom. The third kappa shape index (κ3) is 5.28. The molecule has 0 aromatic heterocycles. The third-order valence-electron chi connectivity index (χ3n) is 4.30. The van der Waals surface area contributed by atoms with Crippen molar-refractivity contribution in [3.63, 3.8) is 0 Å². The highest BCUT2D eigenvalue weighted by molar-refractivity contribution is 5.98. The van der Waals surface area contributed by atoms with Crippen molar-refractivity contribution in [2.75, 3.05) is 7.05 Å². The first kappa shape index (κ1) is 19.4. The molecule has 0 saturated heterocycles. The molecule has 0 atom stereocenters. The highest BCUT2D eigenvalue weighted by Gasteiger charge is 2.13. The molecule has 0 heterocycles. The molecule has 2 aromatic carbocycles. The third-order valence-corrected chi connectivity index (χ3v) is 4.30. The van der Waals surface area contributed by atoms with E-state index in [4.69, 9.17) is 5.11 Å². The number of rotatable bonds is 8. The summed E-state index contributed by atoms with van der Waals surface area (Å²) in [5, 5.41) is 8.89. The number of carboxylic acids is 1. The first-order valence-electron chi connectivity index (χ1n) is 8.59. The van der Waals surface area contributed by atoms with Crippen LogP contribution in [0.25, 0.3) is 0 Å². The molecule has 0 radical (unpaired) electrons. The Bertz CT molecular complexity index is 779. The van der Waals surface area contributed by atoms with Crippen molar-refractivity contribution in [3.05, 3.63) is 70.8 Å². The lowest BCUT2D eigenvalue weighted by molar-refractivity contribution is -0.130. The molecule has 0 fully saturated rings. The van der Waals surface area contributed by atoms with Crippen LogP contribution in [-0.4, -0.2) is 34.7 Å². The molecular weight excluding hydrogens is 330 g/mol. The Morgan fingerprint density at radius 2 is 1.38 bits per heavy atom. The molecule has 5 nitrogen and oxygen atoms in total. The number of amides is 1. The SMILES string of the molecule is CCc1ccc(C(=O)CCC(=O)N(C)Cc2ccc(C(=O)O)cc2)cc1. The number of Topliss-reactive ketones (excluding diaryl/α,β-unsaturated/α-hetero) is 1. The second-order valence-corrected chi connectivity index (χ2v) is 6.23. The summed E-state index contributed by atoms with van der Waals surface area (Å²) in [5.74, 6) is -1.14. The Labute approximate surface area is 153 Å². The first-order valence-corrected chi connectivity index (χ1v) is 8.59. The number of carbonyl (C=O) groups excluding carboxylic acids is 2. The molecular formula is C21H23NO4. The van der Waals surface area contributed by atoms with Gasteiger partial charge in [0.2, 0.25) is 5.91 Å². The summed E-state index contributed by atoms with van der Waals surface area (Å²) in [6, 6.07) is 13.9. The van der Waals surface area contributed by atoms with Gasteiger partial charge >= 0.3 is 5.97 Å². The van der Waals surface area contributed by atoms with Gasteiger partial charge in [0.05, 0.1) is 5.56 Å². The van der Waals surface area contributed by atoms with Gasteiger partial charge in [0, 0.05) is 32.0 Å². The summed E-state index contributed by atoms with van der Waals surface area (Å²) < 4.78 is 0. The fourth-order valence-electron chi connectivity index (χ4n) is 2.60. The van der Waals surface area contributed by atoms with Gasteiger partial charge in [0.1, 0.15) is 0 Å². The van der Waals surface area contributed by atoms with E-state index in [1.807, 2.05) is 12.1 Å². The monoisotopic (exact) mass is 353 g/mol. The quantitative estimate of drug-likeness (QED) is 0.736. The zero-order valence-corrected chi connectivity index (χ0v) is 15.1. The van der Waals surface area contributed by atoms with Crippen LogP contribution in [0, 0.1) is 0 Å². The Kier molecular flexibility index (Phi) is 6.67. The second kappa shape index (κ2) is 8.94. The number of benzene rings is 2. The number of aromatic carboxylic acids is 1. The average Bonchev–Trinajstić information content (AvgIpc) is 2.66. The Morgan fingerprint density at radius 3 is 1.92 bits per heavy atom. The van der Waals surface area contributed by atoms with Crippen LogP contribution in [0.1, 0.15) is 51.6 Å². The van der Waals surface area contributed by atoms with E-state index in [0.717, 1.165) is 12.0 Å². The maximum atomic E-state index is 12.2. The van der Waals surface area contributed by atoms with Crippen molar-refractivity contribution in [1.82, 2.24) is 4.90 Å². The van der Waals surface area contributed by atoms with E-state index in [9.17, 15) is 14.4 Å². The lowest BCUT2D eigenvalue weighted by Crippen LogP contribution is -2.26. The van der Waals surface area contributed by atoms with Gasteiger partial charge in [-0.1, -0.05) is 43.3 Å². The lowest BCUT2D eigenvalue weighted by atomic mass is 10.0. The van der Waals surface area contributed by atoms with E-state index in [2.05, 4.69) is 6.92 Å². The van der Waals surface area contributed by atoms with E-state index in [0.29, 0.717) is 12.1 Å². The second-order valence-electron chi connectivity index (χ2n) is 6.23. The van der Waals surface area contributed by atoms with E-state index in [1.54, 1.807) is 36.2 Å². The van der Waals surface area contributed by atoms with Crippen molar-refractivity contribution in [1.29, 1.82) is 0 Å². The van der Waals surface area contributed by atoms with Gasteiger partial charge in [-0.25, -0.2) is 4.79 Å². The summed E-state index contributed by atoms with van der Waals surface area (Å²) in [6.07, 6.45) is 1.25. The van der Waals surface area contributed by atoms with Gasteiger partial charge in [0.25, 0.3) is 0 Å². The van der Waals surface area contributed by atoms with E-state index >= 15 is 0 Å². The number of aryl methyl sites for hydroxylation is 1. The highest BCUT2D eigenvalue weighted by atomic mass is 16.4. The van der Waals surface area contributed by atoms with Crippen molar-refractivity contribution >= 4 is 17.7 Å². The number of ketones is 1. The summed E-state index contributed by atoms with van der Waals surface area (Å²) in [4.78, 5) is 36.8. The number of carboxylic acid groups (broad SMARTS) is 1. The van der Waals surface area contributed by atoms with Crippen molar-refractivity contribution < 1.29 is 19.5 Å². The zero-order chi connectivity index (χ0) is 19.1. The molecule has 0 aliphatic rings. The number of hydrogen-bond donors (Lipinski definition) is 1. The smallest absolute Gasteiger partial charge is 0.335 e. The van der Waals surface area contributed by atoms with Crippen LogP contribution in [0.5, 0.6) is 0 Å². The largest absolute Gasteiger partial charge is 0.478 e. The van der Waals surface area contributed by atoms with Gasteiger partial charge in [-0.3, -0.25) is 9.59 Å². The Hall–Kier alpha value is -2.95. The molecule has 136 valence electrons. The molecule has 0 aliphatic heterocycles. The number of carbonyl (C=O) groups is 3. The van der Waals surface area contributed by atoms with Crippen molar-refractivity contribution in [3.8, 4) is 0 Å². The van der Waals surface area contributed by atoms with Crippen LogP contribution < -0.4 is 0 Å². The predicted octanol–water partition coefficient (Wildman–Crippen LogP) is 3.57. The number of hydrogen-bond acceptors (Lipinski definition) is 3. The van der Waals surface area contributed by atoms with Crippen LogP contribution in [0.15, 0.2) is 48.5 Å². The standard InChI is InChI=1S/C21H23NO4/c1-3-15-4-8-17(9-5-15)19(23)12-13-20(24)22(2)14-16-6-10-18(11-7-16)21(25)26/h4-11H,3,12-14H2,1-2H3,(H,25,26). The molecule has 2 aromatic rings. The van der Waals surface area contributed by atoms with Crippen LogP contribution in [-0.2, 0) is 17.8 Å². The van der Waals surface area contributed by atoms with Gasteiger partial charge in [-0.05, 0) is 29.7 Å². The molecule has 0 aliphatic carbocycles. The normalized spacial score (nSPS) is 10.4. The van der Waals surface area contributed by atoms with Crippen LogP contribution in [0.4, 0.5) is 0 Å². The van der Waals surface area contributed by atoms with Crippen molar-refractivity contribution in [2.24, 2.45) is 0 Å². The van der Waals surface area contributed by atoms with E-state index < -0.39 is 5.97 Å². The molecule has 0 unspecified atom stereocenters. The van der Waals surface area contributed by atoms with Crippen LogP contribution >= 0.6 is 0 Å². The number of nitrogens with zero attached hydrogens (tertiary/aromatic N) is 1. The molecule has 5 heteroatoms. The summed E-state index contributed by atoms with van der Waals surface area (Å²) >= 11 is 0. The molecule has 0 spiro atoms. The predicted molar refractivity (Wildman–Crippen MR) is 99.3 cm³/mol. The molecule has 1 N–H and O–H groups in total. The zero-order valence-electron chi connectivity index (χ0n) is 15.1. The van der Waals surface area contributed by atoms with E-state index in [1.165, 1.54) is 17.7 Å². The van der Waals surface area contributed by atoms with Crippen molar-refractivity contribution in [2.45, 2.75) is 32.7 Å². The van der Waals surface area contributed by atoms with Gasteiger partial charge in [-0.2, -0.15) is 0 Å². The van der Waals surface area contributed by atoms with Crippen LogP contribution in [0.2, 0.25) is 0 Å². The van der Waals surface area contributed by atoms with Gasteiger partial charge in [-0.15, -0.1) is 0 Å². The van der Waals surface area contributed by atoms with E-state index in [-0.39, 0.29) is 30.1 Å². The molecule has 2 rings (SSSR count). The van der Waals surface area contributed by atoms with Gasteiger partial charge < -0.3 is 10.0 Å². The fourth-order valence-corrected chi connectivity index (χ4v) is 2.60. The maximum absolute atomic E-state index is 12.2. The summed E-state index contributed by atoms with van der Waals surface area (Å²) in [6.45, 7) is 2.43. The first-order chi connectivity index (χ1) is 12.4. The minimum atomic E-state index is -0.980. The lowest BCUT2D eigenvalue weighted by Gasteiger charge is -2.17. The molecule has 0 bridgehead atoms. The minimum Gasteiger partial charge on any atom is -0.478 e. The average molecular weight is 353 g/mol. The summed E-state index contributed by atoms with van der Waals surface area (Å²) in [7, 11) is 1.67. The minimum absolute atomic E-state index is 0.0415. The van der Waals surface area contributed by atoms with Gasteiger partial charge in [0.15, 0.2) is 5.78 Å². The van der Waals surface area contributed by atoms with Crippen LogP contribution in [0.3, 0.4) is 0 Å². The molecule has 26 heavy (non-hydrogen) atoms.